The van der Waals surface area contributed by atoms with Crippen molar-refractivity contribution in [1.29, 1.82) is 0 Å². The summed E-state index contributed by atoms with van der Waals surface area (Å²) in [5.41, 5.74) is 0. The van der Waals surface area contributed by atoms with Gasteiger partial charge in [-0.2, -0.15) is 0 Å². The molecule has 0 aromatic heterocycles. The van der Waals surface area contributed by atoms with Crippen LogP contribution in [0.3, 0.4) is 0 Å². The van der Waals surface area contributed by atoms with E-state index in [1.54, 1.807) is 0 Å². The molecule has 1 N–H and O–H groups in total. The number of carbonyl (C=O) groups is 1. The third kappa shape index (κ3) is 6.57. The minimum atomic E-state index is -0.205. The first kappa shape index (κ1) is 22.3. The third-order valence-corrected chi connectivity index (χ3v) is 6.16. The average Bonchev–Trinajstić information content (AvgIpc) is 3.25. The largest absolute Gasteiger partial charge is 0.368 e. The number of piperidine rings is 1. The number of hydrogen-bond acceptors (Lipinski definition) is 4. The van der Waals surface area contributed by atoms with E-state index in [9.17, 15) is 4.79 Å². The molecule has 0 radical (unpaired) electrons. The number of carbonyl (C=O) groups excluding carboxylic acids is 1. The first-order chi connectivity index (χ1) is 14.1. The SMILES string of the molecule is CCNC(=NCC1CCCN(CC(C)C)C1)N1CCN(C(=O)C2CCCO2)CC1. The van der Waals surface area contributed by atoms with Crippen molar-refractivity contribution in [2.45, 2.75) is 52.6 Å². The number of nitrogens with zero attached hydrogens (tertiary/aromatic N) is 4. The second kappa shape index (κ2) is 11.2. The van der Waals surface area contributed by atoms with Gasteiger partial charge in [-0.15, -0.1) is 0 Å². The average molecular weight is 408 g/mol. The number of nitrogens with one attached hydrogen (secondary N) is 1. The molecule has 2 atom stereocenters. The van der Waals surface area contributed by atoms with Crippen LogP contribution in [0.1, 0.15) is 46.5 Å². The summed E-state index contributed by atoms with van der Waals surface area (Å²) in [6, 6.07) is 0. The zero-order valence-corrected chi connectivity index (χ0v) is 18.7. The molecule has 7 heteroatoms. The Hall–Kier alpha value is -1.34. The second-order valence-corrected chi connectivity index (χ2v) is 9.17. The lowest BCUT2D eigenvalue weighted by Gasteiger charge is -2.37. The van der Waals surface area contributed by atoms with E-state index >= 15 is 0 Å². The van der Waals surface area contributed by atoms with Gasteiger partial charge in [0.25, 0.3) is 5.91 Å². The molecule has 3 rings (SSSR count). The molecule has 3 aliphatic rings. The molecule has 2 unspecified atom stereocenters. The lowest BCUT2D eigenvalue weighted by molar-refractivity contribution is -0.142. The molecule has 3 fully saturated rings. The highest BCUT2D eigenvalue weighted by Gasteiger charge is 2.31. The number of amides is 1. The maximum atomic E-state index is 12.6. The van der Waals surface area contributed by atoms with Gasteiger partial charge in [-0.25, -0.2) is 0 Å². The molecule has 0 aromatic rings. The Morgan fingerprint density at radius 2 is 1.86 bits per heavy atom. The predicted molar refractivity (Wildman–Crippen MR) is 117 cm³/mol. The molecule has 3 heterocycles. The Bertz CT molecular complexity index is 539. The minimum Gasteiger partial charge on any atom is -0.368 e. The number of guanidine groups is 1. The van der Waals surface area contributed by atoms with Crippen LogP contribution in [0.2, 0.25) is 0 Å². The van der Waals surface area contributed by atoms with E-state index in [1.807, 2.05) is 4.90 Å². The summed E-state index contributed by atoms with van der Waals surface area (Å²) in [4.78, 5) is 24.5. The Kier molecular flexibility index (Phi) is 8.60. The van der Waals surface area contributed by atoms with Crippen LogP contribution in [0.5, 0.6) is 0 Å². The van der Waals surface area contributed by atoms with Crippen LogP contribution >= 0.6 is 0 Å². The Balaban J connectivity index is 1.49. The molecule has 0 saturated carbocycles. The van der Waals surface area contributed by atoms with Crippen LogP contribution in [-0.4, -0.2) is 98.2 Å². The Labute approximate surface area is 176 Å². The monoisotopic (exact) mass is 407 g/mol. The molecular formula is C22H41N5O2. The van der Waals surface area contributed by atoms with Crippen molar-refractivity contribution in [3.05, 3.63) is 0 Å². The number of likely N-dealkylation sites (tertiary alicyclic amines) is 1. The van der Waals surface area contributed by atoms with Crippen LogP contribution in [0, 0.1) is 11.8 Å². The summed E-state index contributed by atoms with van der Waals surface area (Å²) in [7, 11) is 0. The van der Waals surface area contributed by atoms with E-state index in [-0.39, 0.29) is 12.0 Å². The van der Waals surface area contributed by atoms with Crippen LogP contribution < -0.4 is 5.32 Å². The summed E-state index contributed by atoms with van der Waals surface area (Å²) < 4.78 is 5.57. The van der Waals surface area contributed by atoms with Crippen molar-refractivity contribution in [1.82, 2.24) is 20.0 Å². The molecule has 29 heavy (non-hydrogen) atoms. The van der Waals surface area contributed by atoms with Gasteiger partial charge < -0.3 is 24.8 Å². The summed E-state index contributed by atoms with van der Waals surface area (Å²) in [5, 5.41) is 3.47. The fourth-order valence-corrected chi connectivity index (χ4v) is 4.74. The molecular weight excluding hydrogens is 366 g/mol. The van der Waals surface area contributed by atoms with Crippen LogP contribution in [0.4, 0.5) is 0 Å². The van der Waals surface area contributed by atoms with Crippen molar-refractivity contribution in [2.24, 2.45) is 16.8 Å². The molecule has 1 amide bonds. The Morgan fingerprint density at radius 1 is 1.10 bits per heavy atom. The van der Waals surface area contributed by atoms with E-state index in [4.69, 9.17) is 9.73 Å². The molecule has 7 nitrogen and oxygen atoms in total. The summed E-state index contributed by atoms with van der Waals surface area (Å²) in [6.45, 7) is 16.0. The highest BCUT2D eigenvalue weighted by atomic mass is 16.5. The van der Waals surface area contributed by atoms with E-state index < -0.39 is 0 Å². The number of ether oxygens (including phenoxy) is 1. The quantitative estimate of drug-likeness (QED) is 0.536. The molecule has 3 saturated heterocycles. The van der Waals surface area contributed by atoms with Gasteiger partial charge in [-0.1, -0.05) is 13.8 Å². The molecule has 0 aliphatic carbocycles. The molecule has 3 aliphatic heterocycles. The second-order valence-electron chi connectivity index (χ2n) is 9.17. The predicted octanol–water partition coefficient (Wildman–Crippen LogP) is 1.64. The number of rotatable bonds is 6. The fraction of sp³-hybridized carbons (Fsp3) is 0.909. The highest BCUT2D eigenvalue weighted by molar-refractivity contribution is 5.82. The van der Waals surface area contributed by atoms with Crippen molar-refractivity contribution in [3.63, 3.8) is 0 Å². The maximum absolute atomic E-state index is 12.6. The smallest absolute Gasteiger partial charge is 0.251 e. The van der Waals surface area contributed by atoms with Gasteiger partial charge in [-0.05, 0) is 51.0 Å². The van der Waals surface area contributed by atoms with Crippen LogP contribution in [0.25, 0.3) is 0 Å². The lowest BCUT2D eigenvalue weighted by atomic mass is 9.97. The molecule has 0 aromatic carbocycles. The molecule has 0 spiro atoms. The number of aliphatic imine (C=N–C) groups is 1. The summed E-state index contributed by atoms with van der Waals surface area (Å²) >= 11 is 0. The third-order valence-electron chi connectivity index (χ3n) is 6.16. The van der Waals surface area contributed by atoms with Gasteiger partial charge in [0.15, 0.2) is 5.96 Å². The molecule has 166 valence electrons. The lowest BCUT2D eigenvalue weighted by Crippen LogP contribution is -2.55. The van der Waals surface area contributed by atoms with Crippen molar-refractivity contribution < 1.29 is 9.53 Å². The van der Waals surface area contributed by atoms with Gasteiger partial charge in [-0.3, -0.25) is 9.79 Å². The number of piperazine rings is 1. The van der Waals surface area contributed by atoms with Crippen LogP contribution in [-0.2, 0) is 9.53 Å². The highest BCUT2D eigenvalue weighted by Crippen LogP contribution is 2.19. The van der Waals surface area contributed by atoms with Crippen molar-refractivity contribution in [3.8, 4) is 0 Å². The van der Waals surface area contributed by atoms with E-state index in [1.165, 1.54) is 32.5 Å². The summed E-state index contributed by atoms with van der Waals surface area (Å²) in [5.74, 6) is 2.57. The number of hydrogen-bond donors (Lipinski definition) is 1. The zero-order valence-electron chi connectivity index (χ0n) is 18.7. The van der Waals surface area contributed by atoms with Crippen molar-refractivity contribution >= 4 is 11.9 Å². The topological polar surface area (TPSA) is 60.4 Å². The normalized spacial score (nSPS) is 27.0. The van der Waals surface area contributed by atoms with Gasteiger partial charge in [0.05, 0.1) is 0 Å². The van der Waals surface area contributed by atoms with Gasteiger partial charge in [0.2, 0.25) is 0 Å². The maximum Gasteiger partial charge on any atom is 0.251 e. The van der Waals surface area contributed by atoms with Crippen LogP contribution in [0.15, 0.2) is 4.99 Å². The Morgan fingerprint density at radius 3 is 2.52 bits per heavy atom. The van der Waals surface area contributed by atoms with Crippen molar-refractivity contribution in [2.75, 3.05) is 65.5 Å². The van der Waals surface area contributed by atoms with Gasteiger partial charge >= 0.3 is 0 Å². The molecule has 0 bridgehead atoms. The fourth-order valence-electron chi connectivity index (χ4n) is 4.74. The van der Waals surface area contributed by atoms with E-state index in [2.05, 4.69) is 35.9 Å². The van der Waals surface area contributed by atoms with Gasteiger partial charge in [0.1, 0.15) is 6.10 Å². The van der Waals surface area contributed by atoms with Gasteiger partial charge in [0, 0.05) is 59.0 Å². The van der Waals surface area contributed by atoms with E-state index in [0.29, 0.717) is 5.92 Å². The standard InChI is InChI=1S/C22H41N5O2/c1-4-23-22(24-15-19-7-5-9-25(17-19)16-18(2)3)27-12-10-26(11-13-27)21(28)20-8-6-14-29-20/h18-20H,4-17H2,1-3H3,(H,23,24). The summed E-state index contributed by atoms with van der Waals surface area (Å²) in [6.07, 6.45) is 4.24. The first-order valence-electron chi connectivity index (χ1n) is 11.7. The first-order valence-corrected chi connectivity index (χ1v) is 11.7. The minimum absolute atomic E-state index is 0.177. The van der Waals surface area contributed by atoms with E-state index in [0.717, 1.165) is 70.6 Å². The zero-order chi connectivity index (χ0) is 20.6.